The third kappa shape index (κ3) is 4.54. The van der Waals surface area contributed by atoms with Gasteiger partial charge in [0.05, 0.1) is 25.7 Å². The summed E-state index contributed by atoms with van der Waals surface area (Å²) in [5.74, 6) is -2.47. The molecule has 1 saturated heterocycles. The Balaban J connectivity index is 0.00000220. The maximum atomic E-state index is 13.0. The Morgan fingerprint density at radius 3 is 2.52 bits per heavy atom. The smallest absolute Gasteiger partial charge is 0.262 e. The standard InChI is InChI=1S/C14H18F2N2O2.ClH/c1-9(10-3-5-11(20-2)6-4-10)18-13(19)12-7-14(15,16)8-17-12;/h3-6,9,12,17H,7-8H2,1-2H3,(H,18,19);1H. The monoisotopic (exact) mass is 320 g/mol. The van der Waals surface area contributed by atoms with Crippen LogP contribution in [0.4, 0.5) is 8.78 Å². The van der Waals surface area contributed by atoms with Crippen LogP contribution >= 0.6 is 12.4 Å². The molecule has 1 aromatic carbocycles. The lowest BCUT2D eigenvalue weighted by atomic mass is 10.1. The second-order valence-corrected chi connectivity index (χ2v) is 5.00. The lowest BCUT2D eigenvalue weighted by Crippen LogP contribution is -2.41. The molecule has 1 aliphatic rings. The molecule has 21 heavy (non-hydrogen) atoms. The van der Waals surface area contributed by atoms with E-state index < -0.39 is 30.8 Å². The first-order valence-electron chi connectivity index (χ1n) is 6.47. The molecule has 0 bridgehead atoms. The molecule has 1 aliphatic heterocycles. The molecule has 2 atom stereocenters. The summed E-state index contributed by atoms with van der Waals surface area (Å²) >= 11 is 0. The fourth-order valence-corrected chi connectivity index (χ4v) is 2.19. The van der Waals surface area contributed by atoms with E-state index in [0.29, 0.717) is 0 Å². The van der Waals surface area contributed by atoms with Crippen LogP contribution in [-0.4, -0.2) is 31.5 Å². The van der Waals surface area contributed by atoms with Gasteiger partial charge < -0.3 is 10.1 Å². The van der Waals surface area contributed by atoms with Crippen LogP contribution in [0.1, 0.15) is 24.9 Å². The highest BCUT2D eigenvalue weighted by Gasteiger charge is 2.42. The zero-order valence-corrected chi connectivity index (χ0v) is 12.7. The topological polar surface area (TPSA) is 50.4 Å². The summed E-state index contributed by atoms with van der Waals surface area (Å²) in [7, 11) is 1.58. The van der Waals surface area contributed by atoms with Gasteiger partial charge in [-0.2, -0.15) is 0 Å². The Morgan fingerprint density at radius 1 is 1.43 bits per heavy atom. The van der Waals surface area contributed by atoms with Gasteiger partial charge in [-0.25, -0.2) is 8.78 Å². The molecular weight excluding hydrogens is 302 g/mol. The van der Waals surface area contributed by atoms with Crippen molar-refractivity contribution in [2.75, 3.05) is 13.7 Å². The van der Waals surface area contributed by atoms with Crippen molar-refractivity contribution in [3.63, 3.8) is 0 Å². The average Bonchev–Trinajstić information content (AvgIpc) is 2.79. The number of rotatable bonds is 4. The fourth-order valence-electron chi connectivity index (χ4n) is 2.19. The Hall–Kier alpha value is -1.40. The summed E-state index contributed by atoms with van der Waals surface area (Å²) in [6.45, 7) is 1.37. The second-order valence-electron chi connectivity index (χ2n) is 5.00. The fraction of sp³-hybridized carbons (Fsp3) is 0.500. The number of methoxy groups -OCH3 is 1. The third-order valence-electron chi connectivity index (χ3n) is 3.40. The highest BCUT2D eigenvalue weighted by molar-refractivity contribution is 5.85. The lowest BCUT2D eigenvalue weighted by molar-refractivity contribution is -0.124. The molecule has 2 rings (SSSR count). The number of amides is 1. The van der Waals surface area contributed by atoms with Crippen LogP contribution < -0.4 is 15.4 Å². The molecule has 1 fully saturated rings. The largest absolute Gasteiger partial charge is 0.497 e. The Morgan fingerprint density at radius 2 is 2.05 bits per heavy atom. The summed E-state index contributed by atoms with van der Waals surface area (Å²) in [5, 5.41) is 5.28. The first-order chi connectivity index (χ1) is 9.41. The van der Waals surface area contributed by atoms with E-state index in [-0.39, 0.29) is 18.4 Å². The van der Waals surface area contributed by atoms with Crippen molar-refractivity contribution in [1.82, 2.24) is 10.6 Å². The molecule has 4 nitrogen and oxygen atoms in total. The first-order valence-corrected chi connectivity index (χ1v) is 6.47. The molecule has 0 spiro atoms. The average molecular weight is 321 g/mol. The van der Waals surface area contributed by atoms with Gasteiger partial charge in [-0.3, -0.25) is 10.1 Å². The van der Waals surface area contributed by atoms with E-state index >= 15 is 0 Å². The van der Waals surface area contributed by atoms with E-state index in [2.05, 4.69) is 10.6 Å². The van der Waals surface area contributed by atoms with Crippen molar-refractivity contribution in [2.24, 2.45) is 0 Å². The quantitative estimate of drug-likeness (QED) is 0.895. The van der Waals surface area contributed by atoms with Crippen molar-refractivity contribution < 1.29 is 18.3 Å². The predicted octanol–water partition coefficient (Wildman–Crippen LogP) is 2.29. The van der Waals surface area contributed by atoms with Crippen molar-refractivity contribution >= 4 is 18.3 Å². The Bertz CT molecular complexity index is 482. The van der Waals surface area contributed by atoms with Crippen LogP contribution in [0.25, 0.3) is 0 Å². The SMILES string of the molecule is COc1ccc(C(C)NC(=O)C2CC(F)(F)CN2)cc1.Cl. The van der Waals surface area contributed by atoms with E-state index in [9.17, 15) is 13.6 Å². The number of carbonyl (C=O) groups excluding carboxylic acids is 1. The van der Waals surface area contributed by atoms with Crippen LogP contribution in [0.2, 0.25) is 0 Å². The van der Waals surface area contributed by atoms with Gasteiger partial charge >= 0.3 is 0 Å². The first kappa shape index (κ1) is 17.7. The Labute approximate surface area is 128 Å². The van der Waals surface area contributed by atoms with E-state index in [1.165, 1.54) is 0 Å². The number of alkyl halides is 2. The maximum absolute atomic E-state index is 13.0. The number of carbonyl (C=O) groups is 1. The molecule has 1 aromatic rings. The van der Waals surface area contributed by atoms with Crippen LogP contribution in [0.3, 0.4) is 0 Å². The number of halogens is 3. The minimum Gasteiger partial charge on any atom is -0.497 e. The molecule has 2 unspecified atom stereocenters. The molecule has 0 radical (unpaired) electrons. The van der Waals surface area contributed by atoms with Gasteiger partial charge in [0.25, 0.3) is 5.92 Å². The van der Waals surface area contributed by atoms with Crippen LogP contribution in [-0.2, 0) is 4.79 Å². The normalized spacial score (nSPS) is 21.2. The molecule has 0 aliphatic carbocycles. The molecule has 1 amide bonds. The predicted molar refractivity (Wildman–Crippen MR) is 78.2 cm³/mol. The number of hydrogen-bond donors (Lipinski definition) is 2. The molecule has 1 heterocycles. The summed E-state index contributed by atoms with van der Waals surface area (Å²) < 4.78 is 31.1. The van der Waals surface area contributed by atoms with E-state index in [0.717, 1.165) is 11.3 Å². The minimum atomic E-state index is -2.80. The van der Waals surface area contributed by atoms with E-state index in [1.54, 1.807) is 19.2 Å². The van der Waals surface area contributed by atoms with Crippen LogP contribution in [0.5, 0.6) is 5.75 Å². The number of hydrogen-bond acceptors (Lipinski definition) is 3. The molecule has 118 valence electrons. The third-order valence-corrected chi connectivity index (χ3v) is 3.40. The van der Waals surface area contributed by atoms with Crippen molar-refractivity contribution in [3.05, 3.63) is 29.8 Å². The van der Waals surface area contributed by atoms with Gasteiger partial charge in [-0.05, 0) is 24.6 Å². The molecular formula is C14H19ClF2N2O2. The van der Waals surface area contributed by atoms with Crippen molar-refractivity contribution in [3.8, 4) is 5.75 Å². The van der Waals surface area contributed by atoms with E-state index in [4.69, 9.17) is 4.74 Å². The van der Waals surface area contributed by atoms with Gasteiger partial charge in [0.2, 0.25) is 5.91 Å². The van der Waals surface area contributed by atoms with Gasteiger partial charge in [-0.1, -0.05) is 12.1 Å². The van der Waals surface area contributed by atoms with Gasteiger partial charge in [0.1, 0.15) is 5.75 Å². The second kappa shape index (κ2) is 7.04. The summed E-state index contributed by atoms with van der Waals surface area (Å²) in [6.07, 6.45) is -0.450. The number of ether oxygens (including phenoxy) is 1. The van der Waals surface area contributed by atoms with Crippen molar-refractivity contribution in [1.29, 1.82) is 0 Å². The highest BCUT2D eigenvalue weighted by atomic mass is 35.5. The molecule has 2 N–H and O–H groups in total. The highest BCUT2D eigenvalue weighted by Crippen LogP contribution is 2.25. The van der Waals surface area contributed by atoms with Crippen LogP contribution in [0, 0.1) is 0 Å². The molecule has 0 saturated carbocycles. The van der Waals surface area contributed by atoms with Gasteiger partial charge in [-0.15, -0.1) is 12.4 Å². The summed E-state index contributed by atoms with van der Waals surface area (Å²) in [6, 6.07) is 6.18. The number of nitrogens with one attached hydrogen (secondary N) is 2. The van der Waals surface area contributed by atoms with Crippen LogP contribution in [0.15, 0.2) is 24.3 Å². The van der Waals surface area contributed by atoms with Gasteiger partial charge in [0, 0.05) is 6.42 Å². The zero-order chi connectivity index (χ0) is 14.8. The lowest BCUT2D eigenvalue weighted by Gasteiger charge is -2.17. The summed E-state index contributed by atoms with van der Waals surface area (Å²) in [4.78, 5) is 11.9. The minimum absolute atomic E-state index is 0. The maximum Gasteiger partial charge on any atom is 0.262 e. The number of benzene rings is 1. The molecule has 7 heteroatoms. The van der Waals surface area contributed by atoms with Crippen molar-refractivity contribution in [2.45, 2.75) is 31.4 Å². The summed E-state index contributed by atoms with van der Waals surface area (Å²) in [5.41, 5.74) is 0.893. The Kier molecular flexibility index (Phi) is 5.92. The van der Waals surface area contributed by atoms with Gasteiger partial charge in [0.15, 0.2) is 0 Å². The van der Waals surface area contributed by atoms with E-state index in [1.807, 2.05) is 19.1 Å². The molecule has 0 aromatic heterocycles. The zero-order valence-electron chi connectivity index (χ0n) is 11.9.